The highest BCUT2D eigenvalue weighted by Crippen LogP contribution is 1.90. The van der Waals surface area contributed by atoms with Crippen LogP contribution in [0.3, 0.4) is 0 Å². The molecule has 0 heterocycles. The number of hydrogen-bond acceptors (Lipinski definition) is 3. The number of rotatable bonds is 7. The van der Waals surface area contributed by atoms with E-state index in [0.29, 0.717) is 0 Å². The summed E-state index contributed by atoms with van der Waals surface area (Å²) in [6.07, 6.45) is 3.64. The van der Waals surface area contributed by atoms with Crippen LogP contribution in [0.2, 0.25) is 0 Å². The van der Waals surface area contributed by atoms with Gasteiger partial charge in [-0.25, -0.2) is 0 Å². The van der Waals surface area contributed by atoms with E-state index in [1.54, 1.807) is 0 Å². The van der Waals surface area contributed by atoms with Crippen LogP contribution in [0.5, 0.6) is 0 Å². The molecule has 62 valence electrons. The van der Waals surface area contributed by atoms with Crippen molar-refractivity contribution >= 4 is 12.6 Å². The molecule has 10 heavy (non-hydrogen) atoms. The first-order valence-corrected chi connectivity index (χ1v) is 4.56. The molecule has 0 bridgehead atoms. The highest BCUT2D eigenvalue weighted by atomic mass is 32.1. The fourth-order valence-corrected chi connectivity index (χ4v) is 0.933. The third-order valence-corrected chi connectivity index (χ3v) is 1.57. The molecule has 0 unspecified atom stereocenters. The molecule has 0 aliphatic heterocycles. The maximum absolute atomic E-state index is 5.34. The summed E-state index contributed by atoms with van der Waals surface area (Å²) in [6.45, 7) is 2.96. The minimum absolute atomic E-state index is 0.826. The van der Waals surface area contributed by atoms with Crippen LogP contribution in [0, 0.1) is 0 Å². The van der Waals surface area contributed by atoms with Crippen molar-refractivity contribution in [2.45, 2.75) is 19.3 Å². The fourth-order valence-electron chi connectivity index (χ4n) is 0.775. The SMILES string of the molecule is NCCCCCNCCS. The Morgan fingerprint density at radius 3 is 2.50 bits per heavy atom. The second-order valence-corrected chi connectivity index (χ2v) is 2.77. The van der Waals surface area contributed by atoms with Gasteiger partial charge in [-0.15, -0.1) is 0 Å². The predicted octanol–water partition coefficient (Wildman–Crippen LogP) is 0.635. The van der Waals surface area contributed by atoms with E-state index >= 15 is 0 Å². The van der Waals surface area contributed by atoms with Crippen LogP contribution < -0.4 is 11.1 Å². The second-order valence-electron chi connectivity index (χ2n) is 2.32. The van der Waals surface area contributed by atoms with Gasteiger partial charge in [0, 0.05) is 12.3 Å². The van der Waals surface area contributed by atoms with E-state index in [1.807, 2.05) is 0 Å². The van der Waals surface area contributed by atoms with Crippen molar-refractivity contribution in [2.75, 3.05) is 25.4 Å². The average Bonchev–Trinajstić information content (AvgIpc) is 1.97. The Balaban J connectivity index is 2.65. The van der Waals surface area contributed by atoms with Crippen LogP contribution in [0.15, 0.2) is 0 Å². The molecule has 2 nitrogen and oxygen atoms in total. The molecule has 0 fully saturated rings. The summed E-state index contributed by atoms with van der Waals surface area (Å²) in [5, 5.41) is 3.28. The van der Waals surface area contributed by atoms with Crippen molar-refractivity contribution in [3.8, 4) is 0 Å². The molecular formula is C7H18N2S. The molecule has 0 aliphatic rings. The van der Waals surface area contributed by atoms with E-state index in [4.69, 9.17) is 5.73 Å². The van der Waals surface area contributed by atoms with Gasteiger partial charge in [-0.3, -0.25) is 0 Å². The lowest BCUT2D eigenvalue weighted by atomic mass is 10.2. The van der Waals surface area contributed by atoms with Gasteiger partial charge in [0.25, 0.3) is 0 Å². The van der Waals surface area contributed by atoms with Gasteiger partial charge in [0.15, 0.2) is 0 Å². The van der Waals surface area contributed by atoms with E-state index in [0.717, 1.165) is 31.8 Å². The first-order chi connectivity index (χ1) is 4.91. The maximum atomic E-state index is 5.34. The lowest BCUT2D eigenvalue weighted by Gasteiger charge is -2.00. The highest BCUT2D eigenvalue weighted by molar-refractivity contribution is 7.80. The molecule has 0 aliphatic carbocycles. The van der Waals surface area contributed by atoms with Crippen molar-refractivity contribution in [3.63, 3.8) is 0 Å². The molecule has 3 N–H and O–H groups in total. The number of nitrogens with two attached hydrogens (primary N) is 1. The molecular weight excluding hydrogens is 144 g/mol. The Kier molecular flexibility index (Phi) is 9.52. The molecule has 3 heteroatoms. The summed E-state index contributed by atoms with van der Waals surface area (Å²) in [5.74, 6) is 0.927. The van der Waals surface area contributed by atoms with E-state index in [9.17, 15) is 0 Å². The number of thiol groups is 1. The van der Waals surface area contributed by atoms with Gasteiger partial charge < -0.3 is 11.1 Å². The van der Waals surface area contributed by atoms with Crippen LogP contribution in [0.4, 0.5) is 0 Å². The second kappa shape index (κ2) is 9.27. The Morgan fingerprint density at radius 1 is 1.10 bits per heavy atom. The van der Waals surface area contributed by atoms with Crippen molar-refractivity contribution in [1.82, 2.24) is 5.32 Å². The van der Waals surface area contributed by atoms with E-state index in [-0.39, 0.29) is 0 Å². The Morgan fingerprint density at radius 2 is 1.90 bits per heavy atom. The zero-order valence-corrected chi connectivity index (χ0v) is 7.37. The zero-order valence-electron chi connectivity index (χ0n) is 6.47. The van der Waals surface area contributed by atoms with Crippen molar-refractivity contribution < 1.29 is 0 Å². The standard InChI is InChI=1S/C7H18N2S/c8-4-2-1-3-5-9-6-7-10/h9-10H,1-8H2. The smallest absolute Gasteiger partial charge is 0.00397 e. The van der Waals surface area contributed by atoms with Crippen LogP contribution >= 0.6 is 12.6 Å². The highest BCUT2D eigenvalue weighted by Gasteiger charge is 1.86. The topological polar surface area (TPSA) is 38.0 Å². The normalized spacial score (nSPS) is 10.2. The van der Waals surface area contributed by atoms with Crippen LogP contribution in [-0.4, -0.2) is 25.4 Å². The van der Waals surface area contributed by atoms with Gasteiger partial charge >= 0.3 is 0 Å². The molecule has 0 atom stereocenters. The van der Waals surface area contributed by atoms with Crippen molar-refractivity contribution in [2.24, 2.45) is 5.73 Å². The number of unbranched alkanes of at least 4 members (excludes halogenated alkanes) is 2. The quantitative estimate of drug-likeness (QED) is 0.379. The van der Waals surface area contributed by atoms with E-state index in [2.05, 4.69) is 17.9 Å². The summed E-state index contributed by atoms with van der Waals surface area (Å²) in [6, 6.07) is 0. The van der Waals surface area contributed by atoms with Crippen molar-refractivity contribution in [1.29, 1.82) is 0 Å². The van der Waals surface area contributed by atoms with Gasteiger partial charge in [0.05, 0.1) is 0 Å². The molecule has 0 radical (unpaired) electrons. The lowest BCUT2D eigenvalue weighted by Crippen LogP contribution is -2.17. The summed E-state index contributed by atoms with van der Waals surface area (Å²) in [7, 11) is 0. The van der Waals surface area contributed by atoms with Crippen LogP contribution in [0.25, 0.3) is 0 Å². The molecule has 0 aromatic rings. The Labute approximate surface area is 69.0 Å². The minimum Gasteiger partial charge on any atom is -0.330 e. The first-order valence-electron chi connectivity index (χ1n) is 3.93. The van der Waals surface area contributed by atoms with Gasteiger partial charge in [0.2, 0.25) is 0 Å². The summed E-state index contributed by atoms with van der Waals surface area (Å²) < 4.78 is 0. The maximum Gasteiger partial charge on any atom is 0.00397 e. The van der Waals surface area contributed by atoms with Crippen LogP contribution in [-0.2, 0) is 0 Å². The molecule has 0 aromatic carbocycles. The summed E-state index contributed by atoms with van der Waals surface area (Å²) in [4.78, 5) is 0. The van der Waals surface area contributed by atoms with E-state index in [1.165, 1.54) is 12.8 Å². The van der Waals surface area contributed by atoms with E-state index < -0.39 is 0 Å². The molecule has 0 amide bonds. The summed E-state index contributed by atoms with van der Waals surface area (Å²) in [5.41, 5.74) is 5.34. The largest absolute Gasteiger partial charge is 0.330 e. The molecule has 0 rings (SSSR count). The van der Waals surface area contributed by atoms with Crippen molar-refractivity contribution in [3.05, 3.63) is 0 Å². The number of hydrogen-bond donors (Lipinski definition) is 3. The molecule has 0 spiro atoms. The fraction of sp³-hybridized carbons (Fsp3) is 1.00. The third kappa shape index (κ3) is 8.27. The molecule has 0 saturated carbocycles. The lowest BCUT2D eigenvalue weighted by molar-refractivity contribution is 0.623. The minimum atomic E-state index is 0.826. The van der Waals surface area contributed by atoms with Gasteiger partial charge in [0.1, 0.15) is 0 Å². The monoisotopic (exact) mass is 162 g/mol. The predicted molar refractivity (Wildman–Crippen MR) is 49.6 cm³/mol. The molecule has 0 aromatic heterocycles. The third-order valence-electron chi connectivity index (χ3n) is 1.35. The van der Waals surface area contributed by atoms with Gasteiger partial charge in [-0.2, -0.15) is 12.6 Å². The van der Waals surface area contributed by atoms with Gasteiger partial charge in [-0.1, -0.05) is 6.42 Å². The number of nitrogens with one attached hydrogen (secondary N) is 1. The van der Waals surface area contributed by atoms with Gasteiger partial charge in [-0.05, 0) is 25.9 Å². The Hall–Kier alpha value is 0.270. The average molecular weight is 162 g/mol. The zero-order chi connectivity index (χ0) is 7.66. The summed E-state index contributed by atoms with van der Waals surface area (Å²) >= 11 is 4.08. The molecule has 0 saturated heterocycles. The first kappa shape index (κ1) is 10.3. The Bertz CT molecular complexity index is 51.6. The van der Waals surface area contributed by atoms with Crippen LogP contribution in [0.1, 0.15) is 19.3 Å².